The van der Waals surface area contributed by atoms with E-state index in [9.17, 15) is 16.8 Å². The van der Waals surface area contributed by atoms with Gasteiger partial charge in [0.05, 0.1) is 25.3 Å². The third-order valence-electron chi connectivity index (χ3n) is 10.3. The van der Waals surface area contributed by atoms with Crippen molar-refractivity contribution in [1.82, 2.24) is 18.6 Å². The van der Waals surface area contributed by atoms with Gasteiger partial charge in [-0.2, -0.15) is 0 Å². The molecule has 16 heteroatoms. The van der Waals surface area contributed by atoms with Crippen LogP contribution in [0.15, 0.2) is 95.0 Å². The number of aryl methyl sites for hydroxylation is 2. The lowest BCUT2D eigenvalue weighted by Gasteiger charge is -2.30. The molecule has 2 fully saturated rings. The number of nitrogens with zero attached hydrogens (tertiary/aromatic N) is 4. The van der Waals surface area contributed by atoms with E-state index < -0.39 is 20.0 Å². The van der Waals surface area contributed by atoms with Crippen LogP contribution in [0.5, 0.6) is 23.0 Å². The van der Waals surface area contributed by atoms with Crippen LogP contribution in [-0.4, -0.2) is 91.4 Å². The highest BCUT2D eigenvalue weighted by molar-refractivity contribution is 7.90. The van der Waals surface area contributed by atoms with Gasteiger partial charge in [-0.1, -0.05) is 12.1 Å². The summed E-state index contributed by atoms with van der Waals surface area (Å²) in [7, 11) is -5.69. The van der Waals surface area contributed by atoms with E-state index in [1.54, 1.807) is 62.6 Å². The van der Waals surface area contributed by atoms with Gasteiger partial charge in [-0.05, 0) is 85.6 Å². The lowest BCUT2D eigenvalue weighted by atomic mass is 10.2. The van der Waals surface area contributed by atoms with E-state index >= 15 is 0 Å². The number of piperazine rings is 2. The first-order chi connectivity index (χ1) is 26.5. The molecule has 56 heavy (non-hydrogen) atoms. The summed E-state index contributed by atoms with van der Waals surface area (Å²) in [5.41, 5.74) is 4.19. The van der Waals surface area contributed by atoms with E-state index in [1.165, 1.54) is 22.2 Å². The zero-order chi connectivity index (χ0) is 38.5. The van der Waals surface area contributed by atoms with Gasteiger partial charge >= 0.3 is 0 Å². The smallest absolute Gasteiger partial charge is 0.272 e. The van der Waals surface area contributed by atoms with Crippen LogP contribution < -0.4 is 34.6 Å². The van der Waals surface area contributed by atoms with E-state index in [4.69, 9.17) is 14.2 Å². The molecule has 13 nitrogen and oxygen atoms in total. The number of aromatic nitrogens is 2. The van der Waals surface area contributed by atoms with Gasteiger partial charge < -0.3 is 34.6 Å². The van der Waals surface area contributed by atoms with E-state index in [1.807, 2.05) is 36.4 Å². The average molecular weight is 821 g/mol. The molecule has 0 amide bonds. The van der Waals surface area contributed by atoms with Crippen LogP contribution in [0.3, 0.4) is 0 Å². The molecule has 2 aromatic heterocycles. The quantitative estimate of drug-likeness (QED) is 0.175. The molecule has 2 saturated heterocycles. The first-order valence-electron chi connectivity index (χ1n) is 18.2. The van der Waals surface area contributed by atoms with Crippen molar-refractivity contribution in [3.05, 3.63) is 96.3 Å². The molecule has 296 valence electrons. The maximum Gasteiger partial charge on any atom is 0.272 e. The topological polar surface area (TPSA) is 136 Å². The highest BCUT2D eigenvalue weighted by atomic mass is 35.5. The second kappa shape index (κ2) is 15.5. The van der Waals surface area contributed by atoms with Crippen molar-refractivity contribution >= 4 is 65.6 Å². The monoisotopic (exact) mass is 820 g/mol. The zero-order valence-corrected chi connectivity index (χ0v) is 34.1. The molecule has 2 aliphatic heterocycles. The molecule has 0 atom stereocenters. The van der Waals surface area contributed by atoms with Crippen LogP contribution in [0, 0.1) is 13.8 Å². The summed E-state index contributed by atoms with van der Waals surface area (Å²) in [6.07, 6.45) is 3.12. The van der Waals surface area contributed by atoms with Gasteiger partial charge in [-0.3, -0.25) is 0 Å². The summed E-state index contributed by atoms with van der Waals surface area (Å²) in [6.45, 7) is 10.2. The highest BCUT2D eigenvalue weighted by Gasteiger charge is 2.31. The fraction of sp³-hybridized carbons (Fsp3) is 0.300. The van der Waals surface area contributed by atoms with Crippen molar-refractivity contribution in [2.75, 3.05) is 76.4 Å². The Balaban J connectivity index is 0.00000480. The zero-order valence-electron chi connectivity index (χ0n) is 31.6. The summed E-state index contributed by atoms with van der Waals surface area (Å²) >= 11 is 0. The Labute approximate surface area is 333 Å². The predicted molar refractivity (Wildman–Crippen MR) is 222 cm³/mol. The summed E-state index contributed by atoms with van der Waals surface area (Å²) in [4.78, 5) is 4.30. The van der Waals surface area contributed by atoms with Crippen molar-refractivity contribution in [1.29, 1.82) is 0 Å². The molecule has 0 saturated carbocycles. The molecule has 0 aliphatic carbocycles. The largest absolute Gasteiger partial charge is 0.492 e. The molecular weight excluding hydrogens is 776 g/mol. The number of halogens is 1. The Morgan fingerprint density at radius 1 is 0.571 bits per heavy atom. The second-order valence-electron chi connectivity index (χ2n) is 13.8. The number of methoxy groups -OCH3 is 2. The number of benzene rings is 4. The predicted octanol–water partition coefficient (Wildman–Crippen LogP) is 5.74. The van der Waals surface area contributed by atoms with Gasteiger partial charge in [0.2, 0.25) is 0 Å². The molecule has 4 aromatic carbocycles. The van der Waals surface area contributed by atoms with E-state index in [-0.39, 0.29) is 45.2 Å². The maximum atomic E-state index is 14.6. The molecule has 0 unspecified atom stereocenters. The lowest BCUT2D eigenvalue weighted by Crippen LogP contribution is -2.43. The number of anilines is 2. The fourth-order valence-electron chi connectivity index (χ4n) is 7.72. The molecule has 0 radical (unpaired) electrons. The summed E-state index contributed by atoms with van der Waals surface area (Å²) in [5, 5.41) is 8.37. The van der Waals surface area contributed by atoms with Crippen LogP contribution in [-0.2, 0) is 20.0 Å². The normalized spacial score (nSPS) is 15.2. The van der Waals surface area contributed by atoms with E-state index in [0.29, 0.717) is 22.2 Å². The average Bonchev–Trinajstić information content (AvgIpc) is 3.84. The first kappa shape index (κ1) is 39.3. The van der Waals surface area contributed by atoms with Crippen LogP contribution in [0.2, 0.25) is 0 Å². The molecule has 4 heterocycles. The SMILES string of the molecule is COc1c(Oc2cc(C)cc(S(=O)(=O)n3ccc4c(N5CCNCC5)cccc43)c2OC)cc(C)cc1S(=O)(=O)n1ccc2c(N3CCNCC3)cccc21.Cl. The highest BCUT2D eigenvalue weighted by Crippen LogP contribution is 2.45. The Hall–Kier alpha value is -4.93. The number of fused-ring (bicyclic) bond motifs is 2. The summed E-state index contributed by atoms with van der Waals surface area (Å²) in [5.74, 6) is 0.0998. The number of rotatable bonds is 10. The Morgan fingerprint density at radius 3 is 1.34 bits per heavy atom. The van der Waals surface area contributed by atoms with Crippen LogP contribution >= 0.6 is 12.4 Å². The maximum absolute atomic E-state index is 14.6. The van der Waals surface area contributed by atoms with Crippen molar-refractivity contribution < 1.29 is 31.0 Å². The minimum absolute atomic E-state index is 0. The number of hydrogen-bond acceptors (Lipinski definition) is 11. The van der Waals surface area contributed by atoms with Gasteiger partial charge in [0, 0.05) is 86.9 Å². The molecule has 0 bridgehead atoms. The number of hydrogen-bond donors (Lipinski definition) is 2. The van der Waals surface area contributed by atoms with Crippen molar-refractivity contribution in [3.63, 3.8) is 0 Å². The van der Waals surface area contributed by atoms with Gasteiger partial charge in [-0.25, -0.2) is 24.8 Å². The molecule has 6 aromatic rings. The minimum Gasteiger partial charge on any atom is -0.492 e. The summed E-state index contributed by atoms with van der Waals surface area (Å²) < 4.78 is 78.7. The molecule has 8 rings (SSSR count). The van der Waals surface area contributed by atoms with Gasteiger partial charge in [0.1, 0.15) is 9.79 Å². The molecule has 2 N–H and O–H groups in total. The Morgan fingerprint density at radius 2 is 0.964 bits per heavy atom. The second-order valence-corrected chi connectivity index (χ2v) is 17.4. The molecule has 2 aliphatic rings. The van der Waals surface area contributed by atoms with E-state index in [2.05, 4.69) is 20.4 Å². The van der Waals surface area contributed by atoms with Gasteiger partial charge in [0.15, 0.2) is 23.0 Å². The van der Waals surface area contributed by atoms with Gasteiger partial charge in [-0.15, -0.1) is 12.4 Å². The van der Waals surface area contributed by atoms with Crippen molar-refractivity contribution in [2.24, 2.45) is 0 Å². The third kappa shape index (κ3) is 6.81. The Kier molecular flexibility index (Phi) is 10.9. The molecular formula is C40H45ClN6O7S2. The summed E-state index contributed by atoms with van der Waals surface area (Å²) in [6, 6.07) is 21.4. The third-order valence-corrected chi connectivity index (χ3v) is 13.7. The van der Waals surface area contributed by atoms with Gasteiger partial charge in [0.25, 0.3) is 20.0 Å². The Bertz CT molecular complexity index is 2470. The van der Waals surface area contributed by atoms with E-state index in [0.717, 1.165) is 74.5 Å². The minimum atomic E-state index is -4.22. The van der Waals surface area contributed by atoms with Crippen LogP contribution in [0.4, 0.5) is 11.4 Å². The number of ether oxygens (including phenoxy) is 3. The van der Waals surface area contributed by atoms with Crippen LogP contribution in [0.1, 0.15) is 11.1 Å². The van der Waals surface area contributed by atoms with Crippen molar-refractivity contribution in [2.45, 2.75) is 23.6 Å². The number of nitrogens with one attached hydrogen (secondary N) is 2. The fourth-order valence-corrected chi connectivity index (χ4v) is 10.9. The first-order valence-corrected chi connectivity index (χ1v) is 21.1. The standard InChI is InChI=1S/C40H44N6O7S2.ClH/c1-27-23-35(39(51-3)37(25-27)54(47,48)45-17-11-29-31(7-5-9-33(29)45)43-19-13-41-14-20-43)53-36-24-28(2)26-38(40(36)52-4)55(49,50)46-18-12-30-32(8-6-10-34(30)46)44-21-15-42-16-22-44;/h5-12,17-18,23-26,41-42H,13-16,19-22H2,1-4H3;1H. The van der Waals surface area contributed by atoms with Crippen LogP contribution in [0.25, 0.3) is 21.8 Å². The van der Waals surface area contributed by atoms with Crippen molar-refractivity contribution in [3.8, 4) is 23.0 Å². The molecule has 0 spiro atoms. The lowest BCUT2D eigenvalue weighted by molar-refractivity contribution is 0.345.